The number of aryl methyl sites for hydroxylation is 1. The number of nitro benzene ring substituents is 1. The smallest absolute Gasteiger partial charge is 0.269 e. The summed E-state index contributed by atoms with van der Waals surface area (Å²) in [6.07, 6.45) is 2.10. The van der Waals surface area contributed by atoms with Crippen molar-refractivity contribution < 1.29 is 17.7 Å². The predicted octanol–water partition coefficient (Wildman–Crippen LogP) is 5.40. The zero-order valence-electron chi connectivity index (χ0n) is 20.1. The topological polar surface area (TPSA) is 127 Å². The monoisotopic (exact) mass is 521 g/mol. The summed E-state index contributed by atoms with van der Waals surface area (Å²) in [5.41, 5.74) is 3.49. The van der Waals surface area contributed by atoms with Crippen LogP contribution < -0.4 is 10.0 Å². The van der Waals surface area contributed by atoms with Gasteiger partial charge in [-0.1, -0.05) is 36.4 Å². The van der Waals surface area contributed by atoms with Crippen LogP contribution in [0.15, 0.2) is 83.9 Å². The molecule has 1 aromatic heterocycles. The van der Waals surface area contributed by atoms with Crippen LogP contribution in [0.5, 0.6) is 0 Å². The summed E-state index contributed by atoms with van der Waals surface area (Å²) in [7, 11) is -4.00. The molecule has 0 aliphatic heterocycles. The van der Waals surface area contributed by atoms with Gasteiger partial charge >= 0.3 is 0 Å². The lowest BCUT2D eigenvalue weighted by Gasteiger charge is -2.15. The highest BCUT2D eigenvalue weighted by Crippen LogP contribution is 2.22. The maximum atomic E-state index is 13.5. The van der Waals surface area contributed by atoms with Gasteiger partial charge in [0.2, 0.25) is 5.95 Å². The number of nitrogens with one attached hydrogen (secondary N) is 2. The standard InChI is InChI=1S/C26H24FN5O4S/c1-17-15-20(5-12-24(17)27)16-19-3-6-21(7-4-19)18(2)29-26-28-14-13-25(30-26)31-37(35,36)23-10-8-22(9-11-23)32(33)34/h3-15,18H,16H2,1-2H3,(H2,28,29,30,31)/t18-/m0/s1. The highest BCUT2D eigenvalue weighted by molar-refractivity contribution is 7.92. The third-order valence-corrected chi connectivity index (χ3v) is 7.08. The Morgan fingerprint density at radius 2 is 1.68 bits per heavy atom. The highest BCUT2D eigenvalue weighted by atomic mass is 32.2. The molecule has 0 radical (unpaired) electrons. The van der Waals surface area contributed by atoms with Crippen LogP contribution in [-0.2, 0) is 16.4 Å². The molecule has 1 heterocycles. The van der Waals surface area contributed by atoms with Crippen LogP contribution in [0, 0.1) is 22.9 Å². The molecule has 0 aliphatic carbocycles. The van der Waals surface area contributed by atoms with E-state index in [2.05, 4.69) is 20.0 Å². The van der Waals surface area contributed by atoms with Crippen LogP contribution in [0.3, 0.4) is 0 Å². The Bertz CT molecular complexity index is 1530. The maximum Gasteiger partial charge on any atom is 0.269 e. The fraction of sp³-hybridized carbons (Fsp3) is 0.154. The molecule has 2 N–H and O–H groups in total. The molecule has 11 heteroatoms. The van der Waals surface area contributed by atoms with Gasteiger partial charge in [0.15, 0.2) is 0 Å². The number of anilines is 2. The van der Waals surface area contributed by atoms with Crippen molar-refractivity contribution in [3.63, 3.8) is 0 Å². The van der Waals surface area contributed by atoms with E-state index in [1.807, 2.05) is 37.3 Å². The average molecular weight is 522 g/mol. The van der Waals surface area contributed by atoms with Crippen LogP contribution in [0.25, 0.3) is 0 Å². The molecular formula is C26H24FN5O4S. The molecule has 0 spiro atoms. The molecule has 0 bridgehead atoms. The van der Waals surface area contributed by atoms with Gasteiger partial charge < -0.3 is 5.32 Å². The summed E-state index contributed by atoms with van der Waals surface area (Å²) in [5.74, 6) is 0.0553. The molecule has 9 nitrogen and oxygen atoms in total. The minimum Gasteiger partial charge on any atom is -0.348 e. The van der Waals surface area contributed by atoms with Crippen LogP contribution >= 0.6 is 0 Å². The van der Waals surface area contributed by atoms with Crippen molar-refractivity contribution in [3.8, 4) is 0 Å². The largest absolute Gasteiger partial charge is 0.348 e. The minimum absolute atomic E-state index is 0.0491. The van der Waals surface area contributed by atoms with Gasteiger partial charge in [-0.05, 0) is 66.8 Å². The molecule has 4 rings (SSSR count). The molecule has 0 amide bonds. The Balaban J connectivity index is 1.41. The number of nitrogens with zero attached hydrogens (tertiary/aromatic N) is 3. The lowest BCUT2D eigenvalue weighted by atomic mass is 10.0. The molecule has 1 atom stereocenters. The zero-order chi connectivity index (χ0) is 26.6. The third-order valence-electron chi connectivity index (χ3n) is 5.71. The molecule has 0 saturated carbocycles. The normalized spacial score (nSPS) is 12.1. The number of rotatable bonds is 9. The minimum atomic E-state index is -4.00. The lowest BCUT2D eigenvalue weighted by Crippen LogP contribution is -2.15. The van der Waals surface area contributed by atoms with Gasteiger partial charge in [0.25, 0.3) is 15.7 Å². The number of halogens is 1. The van der Waals surface area contributed by atoms with Crippen molar-refractivity contribution in [1.82, 2.24) is 9.97 Å². The molecule has 0 aliphatic rings. The summed E-state index contributed by atoms with van der Waals surface area (Å²) >= 11 is 0. The van der Waals surface area contributed by atoms with Gasteiger partial charge in [0.05, 0.1) is 15.9 Å². The second kappa shape index (κ2) is 10.7. The van der Waals surface area contributed by atoms with Gasteiger partial charge in [0, 0.05) is 18.3 Å². The van der Waals surface area contributed by atoms with Gasteiger partial charge in [0.1, 0.15) is 11.6 Å². The molecule has 0 saturated heterocycles. The molecule has 0 unspecified atom stereocenters. The van der Waals surface area contributed by atoms with Crippen LogP contribution in [-0.4, -0.2) is 23.3 Å². The van der Waals surface area contributed by atoms with Crippen LogP contribution in [0.2, 0.25) is 0 Å². The second-order valence-corrected chi connectivity index (χ2v) is 10.2. The summed E-state index contributed by atoms with van der Waals surface area (Å²) in [4.78, 5) is 18.5. The van der Waals surface area contributed by atoms with E-state index in [1.165, 1.54) is 18.3 Å². The van der Waals surface area contributed by atoms with E-state index in [4.69, 9.17) is 0 Å². The molecule has 37 heavy (non-hydrogen) atoms. The fourth-order valence-electron chi connectivity index (χ4n) is 3.68. The Morgan fingerprint density at radius 3 is 2.32 bits per heavy atom. The van der Waals surface area contributed by atoms with Crippen molar-refractivity contribution in [1.29, 1.82) is 0 Å². The second-order valence-electron chi connectivity index (χ2n) is 8.49. The third kappa shape index (κ3) is 6.44. The number of benzene rings is 3. The molecule has 3 aromatic carbocycles. The molecule has 4 aromatic rings. The SMILES string of the molecule is Cc1cc(Cc2ccc([C@H](C)Nc3nccc(NS(=O)(=O)c4ccc([N+](=O)[O-])cc4)n3)cc2)ccc1F. The van der Waals surface area contributed by atoms with E-state index in [1.54, 1.807) is 13.0 Å². The first kappa shape index (κ1) is 25.7. The van der Waals surface area contributed by atoms with Gasteiger partial charge in [-0.15, -0.1) is 0 Å². The number of aromatic nitrogens is 2. The molecule has 0 fully saturated rings. The van der Waals surface area contributed by atoms with Crippen molar-refractivity contribution >= 4 is 27.5 Å². The van der Waals surface area contributed by atoms with Crippen molar-refractivity contribution in [3.05, 3.63) is 117 Å². The first-order valence-corrected chi connectivity index (χ1v) is 12.8. The Kier molecular flexibility index (Phi) is 7.44. The van der Waals surface area contributed by atoms with E-state index >= 15 is 0 Å². The number of sulfonamides is 1. The zero-order valence-corrected chi connectivity index (χ0v) is 20.9. The van der Waals surface area contributed by atoms with E-state index in [0.717, 1.165) is 41.0 Å². The van der Waals surface area contributed by atoms with Gasteiger partial charge in [-0.3, -0.25) is 14.8 Å². The predicted molar refractivity (Wildman–Crippen MR) is 138 cm³/mol. The quantitative estimate of drug-likeness (QED) is 0.223. The summed E-state index contributed by atoms with van der Waals surface area (Å²) in [6, 6.07) is 18.8. The lowest BCUT2D eigenvalue weighted by molar-refractivity contribution is -0.384. The van der Waals surface area contributed by atoms with Crippen molar-refractivity contribution in [2.75, 3.05) is 10.0 Å². The summed E-state index contributed by atoms with van der Waals surface area (Å²) < 4.78 is 41.2. The Labute approximate surface area is 213 Å². The van der Waals surface area contributed by atoms with Gasteiger partial charge in [-0.2, -0.15) is 4.98 Å². The van der Waals surface area contributed by atoms with E-state index in [9.17, 15) is 22.9 Å². The van der Waals surface area contributed by atoms with Crippen molar-refractivity contribution in [2.45, 2.75) is 31.2 Å². The van der Waals surface area contributed by atoms with Crippen LogP contribution in [0.1, 0.15) is 35.2 Å². The van der Waals surface area contributed by atoms with Crippen molar-refractivity contribution in [2.24, 2.45) is 0 Å². The highest BCUT2D eigenvalue weighted by Gasteiger charge is 2.17. The summed E-state index contributed by atoms with van der Waals surface area (Å²) in [6.45, 7) is 3.67. The number of hydrogen-bond donors (Lipinski definition) is 2. The van der Waals surface area contributed by atoms with Crippen LogP contribution in [0.4, 0.5) is 21.8 Å². The van der Waals surface area contributed by atoms with E-state index in [-0.39, 0.29) is 34.2 Å². The molecular weight excluding hydrogens is 497 g/mol. The van der Waals surface area contributed by atoms with Gasteiger partial charge in [-0.25, -0.2) is 17.8 Å². The first-order chi connectivity index (χ1) is 17.6. The Morgan fingerprint density at radius 1 is 1.00 bits per heavy atom. The molecule has 190 valence electrons. The maximum absolute atomic E-state index is 13.5. The Hall–Kier alpha value is -4.38. The number of hydrogen-bond acceptors (Lipinski definition) is 7. The van der Waals surface area contributed by atoms with E-state index in [0.29, 0.717) is 12.0 Å². The number of nitro groups is 1. The fourth-order valence-corrected chi connectivity index (χ4v) is 4.68. The van der Waals surface area contributed by atoms with E-state index < -0.39 is 14.9 Å². The average Bonchev–Trinajstić information content (AvgIpc) is 2.86. The first-order valence-electron chi connectivity index (χ1n) is 11.3. The number of non-ortho nitro benzene ring substituents is 1. The summed E-state index contributed by atoms with van der Waals surface area (Å²) in [5, 5.41) is 14.0.